The average molecular weight is 315 g/mol. The fraction of sp³-hybridized carbons (Fsp3) is 0.500. The van der Waals surface area contributed by atoms with Crippen molar-refractivity contribution >= 4 is 5.82 Å². The van der Waals surface area contributed by atoms with Crippen molar-refractivity contribution in [2.24, 2.45) is 5.92 Å². The van der Waals surface area contributed by atoms with Crippen molar-refractivity contribution in [2.75, 3.05) is 5.32 Å². The number of halogens is 1. The molecule has 120 valence electrons. The topological polar surface area (TPSA) is 87.6 Å². The first-order valence-electron chi connectivity index (χ1n) is 7.81. The zero-order valence-electron chi connectivity index (χ0n) is 12.9. The van der Waals surface area contributed by atoms with Crippen LogP contribution in [0.1, 0.15) is 43.5 Å². The molecule has 1 fully saturated rings. The first-order chi connectivity index (χ1) is 11.2. The number of pyridine rings is 1. The van der Waals surface area contributed by atoms with Gasteiger partial charge in [-0.05, 0) is 31.2 Å². The Hall–Kier alpha value is -2.49. The van der Waals surface area contributed by atoms with Crippen LogP contribution in [0.5, 0.6) is 0 Å². The van der Waals surface area contributed by atoms with E-state index >= 15 is 0 Å². The lowest BCUT2D eigenvalue weighted by atomic mass is 10.0. The molecule has 0 amide bonds. The SMILES string of the molecule is CCc1nnc(C[C@@H]2CC[C@H](Nc3ncc(C#N)cc3F)C2)o1. The van der Waals surface area contributed by atoms with Crippen LogP contribution in [0.4, 0.5) is 10.2 Å². The van der Waals surface area contributed by atoms with Crippen molar-refractivity contribution in [3.63, 3.8) is 0 Å². The Kier molecular flexibility index (Phi) is 4.51. The maximum Gasteiger partial charge on any atom is 0.216 e. The number of nitrogens with zero attached hydrogens (tertiary/aromatic N) is 4. The Balaban J connectivity index is 1.56. The van der Waals surface area contributed by atoms with Crippen molar-refractivity contribution in [3.05, 3.63) is 35.4 Å². The first kappa shape index (κ1) is 15.4. The highest BCUT2D eigenvalue weighted by molar-refractivity contribution is 5.41. The van der Waals surface area contributed by atoms with Gasteiger partial charge in [-0.3, -0.25) is 0 Å². The van der Waals surface area contributed by atoms with E-state index < -0.39 is 5.82 Å². The van der Waals surface area contributed by atoms with Crippen LogP contribution in [0.3, 0.4) is 0 Å². The summed E-state index contributed by atoms with van der Waals surface area (Å²) < 4.78 is 19.4. The van der Waals surface area contributed by atoms with E-state index in [2.05, 4.69) is 20.5 Å². The van der Waals surface area contributed by atoms with Gasteiger partial charge in [-0.25, -0.2) is 9.37 Å². The largest absolute Gasteiger partial charge is 0.425 e. The lowest BCUT2D eigenvalue weighted by Crippen LogP contribution is -2.18. The molecule has 0 radical (unpaired) electrons. The third-order valence-electron chi connectivity index (χ3n) is 4.13. The molecule has 0 aromatic carbocycles. The summed E-state index contributed by atoms with van der Waals surface area (Å²) >= 11 is 0. The maximum absolute atomic E-state index is 13.9. The number of hydrogen-bond acceptors (Lipinski definition) is 6. The summed E-state index contributed by atoms with van der Waals surface area (Å²) in [6, 6.07) is 3.25. The van der Waals surface area contributed by atoms with Crippen LogP contribution in [0.25, 0.3) is 0 Å². The van der Waals surface area contributed by atoms with Crippen LogP contribution in [-0.2, 0) is 12.8 Å². The molecule has 0 saturated heterocycles. The fourth-order valence-electron chi connectivity index (χ4n) is 2.95. The summed E-state index contributed by atoms with van der Waals surface area (Å²) in [7, 11) is 0. The average Bonchev–Trinajstić information content (AvgIpc) is 3.19. The zero-order chi connectivity index (χ0) is 16.2. The Labute approximate surface area is 133 Å². The van der Waals surface area contributed by atoms with Crippen LogP contribution >= 0.6 is 0 Å². The summed E-state index contributed by atoms with van der Waals surface area (Å²) in [6.45, 7) is 1.98. The summed E-state index contributed by atoms with van der Waals surface area (Å²) in [5.74, 6) is 1.50. The molecule has 2 atom stereocenters. The third kappa shape index (κ3) is 3.65. The van der Waals surface area contributed by atoms with Gasteiger partial charge < -0.3 is 9.73 Å². The quantitative estimate of drug-likeness (QED) is 0.913. The van der Waals surface area contributed by atoms with Gasteiger partial charge in [0.05, 0.1) is 5.56 Å². The van der Waals surface area contributed by atoms with Crippen LogP contribution in [0.15, 0.2) is 16.7 Å². The minimum Gasteiger partial charge on any atom is -0.425 e. The van der Waals surface area contributed by atoms with Crippen molar-refractivity contribution in [1.29, 1.82) is 5.26 Å². The van der Waals surface area contributed by atoms with E-state index in [1.165, 1.54) is 12.3 Å². The minimum atomic E-state index is -0.489. The number of rotatable bonds is 5. The number of anilines is 1. The predicted molar refractivity (Wildman–Crippen MR) is 81.0 cm³/mol. The summed E-state index contributed by atoms with van der Waals surface area (Å²) in [5.41, 5.74) is 0.223. The van der Waals surface area contributed by atoms with Crippen LogP contribution in [-0.4, -0.2) is 21.2 Å². The van der Waals surface area contributed by atoms with Gasteiger partial charge >= 0.3 is 0 Å². The van der Waals surface area contributed by atoms with Gasteiger partial charge in [0.2, 0.25) is 11.8 Å². The van der Waals surface area contributed by atoms with E-state index in [-0.39, 0.29) is 17.4 Å². The molecule has 23 heavy (non-hydrogen) atoms. The van der Waals surface area contributed by atoms with Crippen molar-refractivity contribution in [2.45, 2.75) is 45.1 Å². The highest BCUT2D eigenvalue weighted by atomic mass is 19.1. The van der Waals surface area contributed by atoms with Gasteiger partial charge in [0.25, 0.3) is 0 Å². The molecule has 7 heteroatoms. The molecular weight excluding hydrogens is 297 g/mol. The lowest BCUT2D eigenvalue weighted by Gasteiger charge is -2.14. The molecule has 0 unspecified atom stereocenters. The third-order valence-corrected chi connectivity index (χ3v) is 4.13. The Bertz CT molecular complexity index is 724. The monoisotopic (exact) mass is 315 g/mol. The van der Waals surface area contributed by atoms with Crippen molar-refractivity contribution < 1.29 is 8.81 Å². The predicted octanol–water partition coefficient (Wildman–Crippen LogP) is 2.86. The van der Waals surface area contributed by atoms with Crippen LogP contribution < -0.4 is 5.32 Å². The fourth-order valence-corrected chi connectivity index (χ4v) is 2.95. The second-order valence-corrected chi connectivity index (χ2v) is 5.83. The first-order valence-corrected chi connectivity index (χ1v) is 7.81. The molecular formula is C16H18FN5O. The number of nitrogens with one attached hydrogen (secondary N) is 1. The second-order valence-electron chi connectivity index (χ2n) is 5.83. The van der Waals surface area contributed by atoms with Crippen LogP contribution in [0, 0.1) is 23.1 Å². The highest BCUT2D eigenvalue weighted by Gasteiger charge is 2.27. The van der Waals surface area contributed by atoms with Gasteiger partial charge in [-0.1, -0.05) is 6.92 Å². The molecule has 6 nitrogen and oxygen atoms in total. The normalized spacial score (nSPS) is 20.4. The van der Waals surface area contributed by atoms with Gasteiger partial charge in [0, 0.05) is 25.1 Å². The molecule has 2 heterocycles. The van der Waals surface area contributed by atoms with Gasteiger partial charge in [0.15, 0.2) is 11.6 Å². The van der Waals surface area contributed by atoms with Crippen molar-refractivity contribution in [3.8, 4) is 6.07 Å². The molecule has 1 N–H and O–H groups in total. The zero-order valence-corrected chi connectivity index (χ0v) is 12.9. The van der Waals surface area contributed by atoms with Gasteiger partial charge in [-0.2, -0.15) is 5.26 Å². The Morgan fingerprint density at radius 2 is 2.22 bits per heavy atom. The van der Waals surface area contributed by atoms with E-state index in [0.717, 1.165) is 32.1 Å². The maximum atomic E-state index is 13.9. The molecule has 0 spiro atoms. The van der Waals surface area contributed by atoms with Crippen LogP contribution in [0.2, 0.25) is 0 Å². The van der Waals surface area contributed by atoms with Gasteiger partial charge in [0.1, 0.15) is 6.07 Å². The van der Waals surface area contributed by atoms with E-state index in [1.807, 2.05) is 13.0 Å². The molecule has 2 aromatic rings. The molecule has 1 aliphatic rings. The number of aryl methyl sites for hydroxylation is 1. The molecule has 0 bridgehead atoms. The summed E-state index contributed by atoms with van der Waals surface area (Å²) in [4.78, 5) is 3.99. The Morgan fingerprint density at radius 1 is 1.39 bits per heavy atom. The smallest absolute Gasteiger partial charge is 0.216 e. The summed E-state index contributed by atoms with van der Waals surface area (Å²) in [6.07, 6.45) is 5.76. The highest BCUT2D eigenvalue weighted by Crippen LogP contribution is 2.30. The molecule has 3 rings (SSSR count). The number of aromatic nitrogens is 3. The summed E-state index contributed by atoms with van der Waals surface area (Å²) in [5, 5.41) is 19.9. The molecule has 1 saturated carbocycles. The number of nitriles is 1. The van der Waals surface area contributed by atoms with E-state index in [4.69, 9.17) is 9.68 Å². The van der Waals surface area contributed by atoms with E-state index in [1.54, 1.807) is 0 Å². The standard InChI is InChI=1S/C16H18FN5O/c1-2-14-21-22-15(23-14)7-10-3-4-12(5-10)20-16-13(17)6-11(8-18)9-19-16/h6,9-10,12H,2-5,7H2,1H3,(H,19,20)/t10-,12+/m1/s1. The molecule has 1 aliphatic carbocycles. The number of hydrogen-bond donors (Lipinski definition) is 1. The van der Waals surface area contributed by atoms with Gasteiger partial charge in [-0.15, -0.1) is 10.2 Å². The second kappa shape index (κ2) is 6.73. The van der Waals surface area contributed by atoms with Crippen molar-refractivity contribution in [1.82, 2.24) is 15.2 Å². The van der Waals surface area contributed by atoms with E-state index in [0.29, 0.717) is 17.7 Å². The van der Waals surface area contributed by atoms with E-state index in [9.17, 15) is 4.39 Å². The Morgan fingerprint density at radius 3 is 2.91 bits per heavy atom. The molecule has 2 aromatic heterocycles. The lowest BCUT2D eigenvalue weighted by molar-refractivity contribution is 0.408. The minimum absolute atomic E-state index is 0.170. The molecule has 0 aliphatic heterocycles.